The highest BCUT2D eigenvalue weighted by molar-refractivity contribution is 7.93. The van der Waals surface area contributed by atoms with E-state index < -0.39 is 10.0 Å². The molecule has 0 aliphatic heterocycles. The summed E-state index contributed by atoms with van der Waals surface area (Å²) in [6.45, 7) is 1.76. The zero-order valence-corrected chi connectivity index (χ0v) is 11.5. The molecule has 1 heterocycles. The highest BCUT2D eigenvalue weighted by Gasteiger charge is 2.19. The van der Waals surface area contributed by atoms with Crippen molar-refractivity contribution in [2.75, 3.05) is 17.1 Å². The molecule has 1 aromatic heterocycles. The minimum absolute atomic E-state index is 0.181. The van der Waals surface area contributed by atoms with Crippen LogP contribution in [0.4, 0.5) is 10.8 Å². The quantitative estimate of drug-likeness (QED) is 0.892. The van der Waals surface area contributed by atoms with Crippen molar-refractivity contribution in [3.05, 3.63) is 29.3 Å². The predicted molar refractivity (Wildman–Crippen MR) is 71.4 cm³/mol. The van der Waals surface area contributed by atoms with E-state index in [-0.39, 0.29) is 10.0 Å². The Bertz CT molecular complexity index is 651. The van der Waals surface area contributed by atoms with Crippen LogP contribution in [0.2, 0.25) is 0 Å². The molecule has 0 spiro atoms. The van der Waals surface area contributed by atoms with Gasteiger partial charge in [-0.3, -0.25) is 4.72 Å². The lowest BCUT2D eigenvalue weighted by Gasteiger charge is -2.09. The van der Waals surface area contributed by atoms with Crippen molar-refractivity contribution in [3.63, 3.8) is 0 Å². The lowest BCUT2D eigenvalue weighted by molar-refractivity contribution is 0.601. The number of nitrogens with one attached hydrogen (secondary N) is 2. The van der Waals surface area contributed by atoms with Gasteiger partial charge in [0.1, 0.15) is 9.90 Å². The van der Waals surface area contributed by atoms with Crippen LogP contribution in [-0.2, 0) is 10.0 Å². The van der Waals surface area contributed by atoms with Gasteiger partial charge in [-0.1, -0.05) is 23.5 Å². The van der Waals surface area contributed by atoms with Crippen molar-refractivity contribution >= 4 is 32.2 Å². The van der Waals surface area contributed by atoms with E-state index in [1.54, 1.807) is 32.2 Å². The van der Waals surface area contributed by atoms with E-state index in [0.29, 0.717) is 10.7 Å². The van der Waals surface area contributed by atoms with Crippen molar-refractivity contribution in [3.8, 4) is 0 Å². The van der Waals surface area contributed by atoms with Gasteiger partial charge in [-0.15, -0.1) is 10.2 Å². The number of hydrogen-bond acceptors (Lipinski definition) is 6. The first kappa shape index (κ1) is 12.8. The SMILES string of the molecule is CNc1ccccc1S(=O)(=O)Nc1nnc(C)s1. The van der Waals surface area contributed by atoms with Gasteiger partial charge in [0.15, 0.2) is 0 Å². The van der Waals surface area contributed by atoms with Crippen molar-refractivity contribution in [2.24, 2.45) is 0 Å². The Morgan fingerprint density at radius 3 is 2.56 bits per heavy atom. The first-order chi connectivity index (χ1) is 8.53. The van der Waals surface area contributed by atoms with Crippen molar-refractivity contribution in [1.29, 1.82) is 0 Å². The smallest absolute Gasteiger partial charge is 0.265 e. The molecule has 18 heavy (non-hydrogen) atoms. The average molecular weight is 284 g/mol. The fourth-order valence-corrected chi connectivity index (χ4v) is 3.45. The van der Waals surface area contributed by atoms with Crippen LogP contribution in [0.1, 0.15) is 5.01 Å². The van der Waals surface area contributed by atoms with Gasteiger partial charge < -0.3 is 5.32 Å². The second-order valence-electron chi connectivity index (χ2n) is 3.48. The van der Waals surface area contributed by atoms with Crippen LogP contribution in [0.25, 0.3) is 0 Å². The number of rotatable bonds is 4. The Morgan fingerprint density at radius 1 is 1.22 bits per heavy atom. The summed E-state index contributed by atoms with van der Waals surface area (Å²) in [5.41, 5.74) is 0.534. The molecule has 1 aromatic carbocycles. The maximum atomic E-state index is 12.2. The number of para-hydroxylation sites is 1. The number of aromatic nitrogens is 2. The van der Waals surface area contributed by atoms with Crippen LogP contribution in [0.3, 0.4) is 0 Å². The summed E-state index contributed by atoms with van der Waals surface area (Å²) in [6, 6.07) is 6.66. The van der Waals surface area contributed by atoms with E-state index in [1.165, 1.54) is 17.4 Å². The fourth-order valence-electron chi connectivity index (χ4n) is 1.42. The number of hydrogen-bond donors (Lipinski definition) is 2. The fraction of sp³-hybridized carbons (Fsp3) is 0.200. The van der Waals surface area contributed by atoms with Gasteiger partial charge in [0, 0.05) is 7.05 Å². The number of nitrogens with zero attached hydrogens (tertiary/aromatic N) is 2. The van der Waals surface area contributed by atoms with E-state index in [2.05, 4.69) is 20.2 Å². The summed E-state index contributed by atoms with van der Waals surface area (Å²) in [5.74, 6) is 0. The Hall–Kier alpha value is -1.67. The van der Waals surface area contributed by atoms with Crippen LogP contribution in [-0.4, -0.2) is 25.7 Å². The van der Waals surface area contributed by atoms with Crippen molar-refractivity contribution in [2.45, 2.75) is 11.8 Å². The molecule has 0 aliphatic carbocycles. The Kier molecular flexibility index (Phi) is 3.48. The second-order valence-corrected chi connectivity index (χ2v) is 6.31. The third kappa shape index (κ3) is 2.59. The standard InChI is InChI=1S/C10H12N4O2S2/c1-7-12-13-10(17-7)14-18(15,16)9-6-4-3-5-8(9)11-2/h3-6,11H,1-2H3,(H,13,14). The lowest BCUT2D eigenvalue weighted by atomic mass is 10.3. The number of benzene rings is 1. The zero-order chi connectivity index (χ0) is 13.2. The van der Waals surface area contributed by atoms with Crippen molar-refractivity contribution < 1.29 is 8.42 Å². The van der Waals surface area contributed by atoms with Crippen LogP contribution in [0, 0.1) is 6.92 Å². The van der Waals surface area contributed by atoms with Gasteiger partial charge in [-0.25, -0.2) is 8.42 Å². The van der Waals surface area contributed by atoms with E-state index >= 15 is 0 Å². The molecular formula is C10H12N4O2S2. The molecule has 0 saturated heterocycles. The molecule has 0 amide bonds. The van der Waals surface area contributed by atoms with Gasteiger partial charge in [0.05, 0.1) is 5.69 Å². The molecule has 8 heteroatoms. The highest BCUT2D eigenvalue weighted by atomic mass is 32.2. The maximum Gasteiger partial charge on any atom is 0.265 e. The van der Waals surface area contributed by atoms with Crippen LogP contribution in [0.5, 0.6) is 0 Å². The number of sulfonamides is 1. The molecule has 2 aromatic rings. The lowest BCUT2D eigenvalue weighted by Crippen LogP contribution is -2.14. The molecule has 96 valence electrons. The molecule has 0 saturated carbocycles. The summed E-state index contributed by atoms with van der Waals surface area (Å²) >= 11 is 1.19. The molecule has 0 radical (unpaired) electrons. The molecule has 2 rings (SSSR count). The van der Waals surface area contributed by atoms with Crippen LogP contribution in [0.15, 0.2) is 29.2 Å². The molecule has 0 bridgehead atoms. The Balaban J connectivity index is 2.36. The summed E-state index contributed by atoms with van der Waals surface area (Å²) in [4.78, 5) is 0.181. The van der Waals surface area contributed by atoms with Gasteiger partial charge in [-0.2, -0.15) is 0 Å². The molecule has 0 aliphatic rings. The monoisotopic (exact) mass is 284 g/mol. The van der Waals surface area contributed by atoms with E-state index in [1.807, 2.05) is 0 Å². The Morgan fingerprint density at radius 2 is 1.94 bits per heavy atom. The molecule has 0 atom stereocenters. The topological polar surface area (TPSA) is 84.0 Å². The highest BCUT2D eigenvalue weighted by Crippen LogP contribution is 2.24. The van der Waals surface area contributed by atoms with Crippen LogP contribution < -0.4 is 10.0 Å². The number of aryl methyl sites for hydroxylation is 1. The molecule has 0 unspecified atom stereocenters. The minimum atomic E-state index is -3.65. The normalized spacial score (nSPS) is 11.2. The molecule has 6 nitrogen and oxygen atoms in total. The van der Waals surface area contributed by atoms with Crippen molar-refractivity contribution in [1.82, 2.24) is 10.2 Å². The number of anilines is 2. The Labute approximate surface area is 109 Å². The zero-order valence-electron chi connectivity index (χ0n) is 9.84. The van der Waals surface area contributed by atoms with E-state index in [0.717, 1.165) is 0 Å². The van der Waals surface area contributed by atoms with E-state index in [9.17, 15) is 8.42 Å². The molecular weight excluding hydrogens is 272 g/mol. The third-order valence-electron chi connectivity index (χ3n) is 2.19. The largest absolute Gasteiger partial charge is 0.387 e. The summed E-state index contributed by atoms with van der Waals surface area (Å²) < 4.78 is 26.8. The van der Waals surface area contributed by atoms with Gasteiger partial charge >= 0.3 is 0 Å². The molecule has 0 fully saturated rings. The van der Waals surface area contributed by atoms with Crippen LogP contribution >= 0.6 is 11.3 Å². The summed E-state index contributed by atoms with van der Waals surface area (Å²) in [5, 5.41) is 11.3. The second kappa shape index (κ2) is 4.91. The molecule has 2 N–H and O–H groups in total. The summed E-state index contributed by atoms with van der Waals surface area (Å²) in [7, 11) is -1.98. The summed E-state index contributed by atoms with van der Waals surface area (Å²) in [6.07, 6.45) is 0. The first-order valence-electron chi connectivity index (χ1n) is 5.12. The van der Waals surface area contributed by atoms with Gasteiger partial charge in [0.2, 0.25) is 5.13 Å². The minimum Gasteiger partial charge on any atom is -0.387 e. The average Bonchev–Trinajstić information content (AvgIpc) is 2.74. The van der Waals surface area contributed by atoms with Gasteiger partial charge in [-0.05, 0) is 19.1 Å². The van der Waals surface area contributed by atoms with E-state index in [4.69, 9.17) is 0 Å². The maximum absolute atomic E-state index is 12.2. The predicted octanol–water partition coefficient (Wildman–Crippen LogP) is 1.69. The van der Waals surface area contributed by atoms with Gasteiger partial charge in [0.25, 0.3) is 10.0 Å². The first-order valence-corrected chi connectivity index (χ1v) is 7.42. The third-order valence-corrected chi connectivity index (χ3v) is 4.47.